The van der Waals surface area contributed by atoms with E-state index in [4.69, 9.17) is 5.11 Å². The number of hydrogen-bond acceptors (Lipinski definition) is 6. The second-order valence-corrected chi connectivity index (χ2v) is 5.82. The van der Waals surface area contributed by atoms with Crippen molar-refractivity contribution >= 4 is 16.0 Å². The number of rotatable bonds is 3. The Morgan fingerprint density at radius 3 is 2.81 bits per heavy atom. The van der Waals surface area contributed by atoms with Crippen LogP contribution in [0.3, 0.4) is 0 Å². The van der Waals surface area contributed by atoms with Crippen molar-refractivity contribution in [3.63, 3.8) is 0 Å². The molecule has 9 heteroatoms. The minimum atomic E-state index is -3.89. The molecule has 2 aromatic rings. The zero-order chi connectivity index (χ0) is 15.5. The molecule has 2 N–H and O–H groups in total. The van der Waals surface area contributed by atoms with Crippen LogP contribution in [0.25, 0.3) is 0 Å². The van der Waals surface area contributed by atoms with Crippen LogP contribution < -0.4 is 4.72 Å². The Balaban J connectivity index is 2.44. The number of aromatic nitrogens is 4. The summed E-state index contributed by atoms with van der Waals surface area (Å²) in [6.45, 7) is 1.46. The average Bonchev–Trinajstić information content (AvgIpc) is 2.80. The molecule has 110 valence electrons. The lowest BCUT2D eigenvalue weighted by atomic mass is 10.1. The average molecular weight is 307 g/mol. The summed E-state index contributed by atoms with van der Waals surface area (Å²) in [6.07, 6.45) is 0. The van der Waals surface area contributed by atoms with Crippen LogP contribution in [-0.4, -0.2) is 40.3 Å². The summed E-state index contributed by atoms with van der Waals surface area (Å²) in [5, 5.41) is 19.6. The molecule has 0 aliphatic rings. The monoisotopic (exact) mass is 307 g/mol. The Bertz CT molecular complexity index is 817. The summed E-state index contributed by atoms with van der Waals surface area (Å²) in [6, 6.07) is 4.72. The van der Waals surface area contributed by atoms with Gasteiger partial charge in [0.05, 0.1) is 7.05 Å². The molecule has 21 heavy (non-hydrogen) atoms. The van der Waals surface area contributed by atoms with Crippen molar-refractivity contribution in [3.8, 4) is 11.8 Å². The van der Waals surface area contributed by atoms with E-state index in [1.165, 1.54) is 13.1 Å². The molecule has 0 fully saturated rings. The molecule has 0 atom stereocenters. The van der Waals surface area contributed by atoms with Gasteiger partial charge in [-0.05, 0) is 29.8 Å². The van der Waals surface area contributed by atoms with Crippen molar-refractivity contribution in [2.75, 3.05) is 11.3 Å². The molecule has 0 saturated carbocycles. The molecule has 0 unspecified atom stereocenters. The van der Waals surface area contributed by atoms with Crippen LogP contribution in [0.4, 0.5) is 5.95 Å². The van der Waals surface area contributed by atoms with Gasteiger partial charge in [-0.25, -0.2) is 13.1 Å². The highest BCUT2D eigenvalue weighted by Crippen LogP contribution is 2.18. The highest BCUT2D eigenvalue weighted by atomic mass is 32.2. The molecule has 0 saturated heterocycles. The quantitative estimate of drug-likeness (QED) is 0.751. The SMILES string of the molecule is Cc1ccc(S(=O)(=O)Nc2nnn(C)n2)c(C#CCO)c1. The van der Waals surface area contributed by atoms with Gasteiger partial charge in [0.25, 0.3) is 16.0 Å². The highest BCUT2D eigenvalue weighted by Gasteiger charge is 2.20. The number of aliphatic hydroxyl groups excluding tert-OH is 1. The fraction of sp³-hybridized carbons (Fsp3) is 0.250. The topological polar surface area (TPSA) is 110 Å². The van der Waals surface area contributed by atoms with Crippen LogP contribution in [0.5, 0.6) is 0 Å². The Morgan fingerprint density at radius 1 is 1.43 bits per heavy atom. The van der Waals surface area contributed by atoms with Gasteiger partial charge in [-0.2, -0.15) is 4.80 Å². The van der Waals surface area contributed by atoms with Gasteiger partial charge in [0.1, 0.15) is 11.5 Å². The number of hydrogen-bond donors (Lipinski definition) is 2. The molecule has 0 radical (unpaired) electrons. The summed E-state index contributed by atoms with van der Waals surface area (Å²) >= 11 is 0. The van der Waals surface area contributed by atoms with Gasteiger partial charge in [-0.3, -0.25) is 0 Å². The van der Waals surface area contributed by atoms with Crippen LogP contribution >= 0.6 is 0 Å². The number of aliphatic hydroxyl groups is 1. The van der Waals surface area contributed by atoms with Crippen molar-refractivity contribution in [3.05, 3.63) is 29.3 Å². The van der Waals surface area contributed by atoms with Crippen molar-refractivity contribution in [2.24, 2.45) is 7.05 Å². The van der Waals surface area contributed by atoms with Gasteiger partial charge in [-0.1, -0.05) is 23.0 Å². The van der Waals surface area contributed by atoms with E-state index in [1.807, 2.05) is 6.92 Å². The predicted molar refractivity (Wildman–Crippen MR) is 74.7 cm³/mol. The first-order valence-corrected chi connectivity index (χ1v) is 7.38. The van der Waals surface area contributed by atoms with Gasteiger partial charge in [0, 0.05) is 5.56 Å². The number of sulfonamides is 1. The third-order valence-corrected chi connectivity index (χ3v) is 3.85. The zero-order valence-corrected chi connectivity index (χ0v) is 12.2. The molecule has 1 heterocycles. The van der Waals surface area contributed by atoms with E-state index < -0.39 is 10.0 Å². The third kappa shape index (κ3) is 3.56. The standard InChI is InChI=1S/C12H13N5O3S/c1-9-5-6-11(10(8-9)4-3-7-18)21(19,20)15-12-13-16-17(2)14-12/h5-6,8,18H,7H2,1-2H3,(H,14,15). The summed E-state index contributed by atoms with van der Waals surface area (Å²) in [5.41, 5.74) is 1.15. The van der Waals surface area contributed by atoms with E-state index in [-0.39, 0.29) is 17.5 Å². The maximum atomic E-state index is 12.3. The van der Waals surface area contributed by atoms with Crippen molar-refractivity contribution in [1.82, 2.24) is 20.2 Å². The fourth-order valence-electron chi connectivity index (χ4n) is 1.61. The summed E-state index contributed by atoms with van der Waals surface area (Å²) in [4.78, 5) is 1.13. The highest BCUT2D eigenvalue weighted by molar-refractivity contribution is 7.92. The first kappa shape index (κ1) is 15.0. The molecule has 0 spiro atoms. The van der Waals surface area contributed by atoms with Crippen molar-refractivity contribution in [1.29, 1.82) is 0 Å². The van der Waals surface area contributed by atoms with Gasteiger partial charge >= 0.3 is 0 Å². The first-order valence-electron chi connectivity index (χ1n) is 5.89. The molecule has 0 amide bonds. The maximum Gasteiger partial charge on any atom is 0.277 e. The second kappa shape index (κ2) is 5.90. The smallest absolute Gasteiger partial charge is 0.277 e. The molecule has 8 nitrogen and oxygen atoms in total. The Morgan fingerprint density at radius 2 is 2.19 bits per heavy atom. The Kier molecular flexibility index (Phi) is 4.21. The molecular weight excluding hydrogens is 294 g/mol. The van der Waals surface area contributed by atoms with Gasteiger partial charge in [-0.15, -0.1) is 5.10 Å². The second-order valence-electron chi connectivity index (χ2n) is 4.17. The fourth-order valence-corrected chi connectivity index (χ4v) is 2.69. The van der Waals surface area contributed by atoms with Crippen molar-refractivity contribution in [2.45, 2.75) is 11.8 Å². The predicted octanol–water partition coefficient (Wildman–Crippen LogP) is -0.337. The summed E-state index contributed by atoms with van der Waals surface area (Å²) < 4.78 is 26.9. The van der Waals surface area contributed by atoms with E-state index >= 15 is 0 Å². The van der Waals surface area contributed by atoms with Gasteiger partial charge in [0.2, 0.25) is 0 Å². The number of anilines is 1. The minimum Gasteiger partial charge on any atom is -0.384 e. The van der Waals surface area contributed by atoms with Crippen LogP contribution in [0.2, 0.25) is 0 Å². The molecule has 2 rings (SSSR count). The lowest BCUT2D eigenvalue weighted by Gasteiger charge is -2.07. The van der Waals surface area contributed by atoms with Crippen molar-refractivity contribution < 1.29 is 13.5 Å². The van der Waals surface area contributed by atoms with Gasteiger partial charge in [0.15, 0.2) is 0 Å². The maximum absolute atomic E-state index is 12.3. The molecule has 0 bridgehead atoms. The normalized spacial score (nSPS) is 10.8. The molecule has 1 aromatic carbocycles. The zero-order valence-electron chi connectivity index (χ0n) is 11.4. The van der Waals surface area contributed by atoms with E-state index in [1.54, 1.807) is 12.1 Å². The van der Waals surface area contributed by atoms with E-state index in [0.717, 1.165) is 10.4 Å². The third-order valence-electron chi connectivity index (χ3n) is 2.46. The van der Waals surface area contributed by atoms with Crippen LogP contribution in [-0.2, 0) is 17.1 Å². The number of benzene rings is 1. The lowest BCUT2D eigenvalue weighted by molar-refractivity contribution is 0.350. The molecule has 0 aliphatic heterocycles. The van der Waals surface area contributed by atoms with E-state index in [2.05, 4.69) is 32.0 Å². The first-order chi connectivity index (χ1) is 9.92. The number of tetrazole rings is 1. The van der Waals surface area contributed by atoms with Crippen LogP contribution in [0, 0.1) is 18.8 Å². The molecule has 1 aromatic heterocycles. The van der Waals surface area contributed by atoms with Gasteiger partial charge < -0.3 is 5.11 Å². The number of nitrogens with zero attached hydrogens (tertiary/aromatic N) is 4. The molecular formula is C12H13N5O3S. The largest absolute Gasteiger partial charge is 0.384 e. The lowest BCUT2D eigenvalue weighted by Crippen LogP contribution is -2.15. The Hall–Kier alpha value is -2.44. The Labute approximate surface area is 121 Å². The number of aryl methyl sites for hydroxylation is 2. The summed E-state index contributed by atoms with van der Waals surface area (Å²) in [5.74, 6) is 4.93. The summed E-state index contributed by atoms with van der Waals surface area (Å²) in [7, 11) is -2.37. The number of nitrogens with one attached hydrogen (secondary N) is 1. The van der Waals surface area contributed by atoms with E-state index in [9.17, 15) is 8.42 Å². The molecule has 0 aliphatic carbocycles. The van der Waals surface area contributed by atoms with Crippen LogP contribution in [0.15, 0.2) is 23.1 Å². The minimum absolute atomic E-state index is 0.0125. The van der Waals surface area contributed by atoms with E-state index in [0.29, 0.717) is 5.56 Å². The van der Waals surface area contributed by atoms with Crippen LogP contribution in [0.1, 0.15) is 11.1 Å².